The smallest absolute Gasteiger partial charge is 0.217 e. The Kier molecular flexibility index (Phi) is 20.5. The molecule has 71 heavy (non-hydrogen) atoms. The number of hydrogen-bond donors (Lipinski definition) is 19. The van der Waals surface area contributed by atoms with E-state index in [4.69, 9.17) is 52.1 Å². The number of aliphatic hydroxyl groups excluding tert-OH is 17. The molecule has 0 aromatic heterocycles. The molecule has 32 heteroatoms. The Balaban J connectivity index is 1.37. The first kappa shape index (κ1) is 58.1. The van der Waals surface area contributed by atoms with Gasteiger partial charge in [-0.2, -0.15) is 0 Å². The molecule has 6 fully saturated rings. The van der Waals surface area contributed by atoms with Crippen molar-refractivity contribution in [3.05, 3.63) is 0 Å². The van der Waals surface area contributed by atoms with Gasteiger partial charge in [0.15, 0.2) is 37.7 Å². The van der Waals surface area contributed by atoms with Crippen molar-refractivity contribution in [2.45, 2.75) is 192 Å². The predicted molar refractivity (Wildman–Crippen MR) is 216 cm³/mol. The van der Waals surface area contributed by atoms with Gasteiger partial charge in [-0.05, 0) is 0 Å². The van der Waals surface area contributed by atoms with Crippen LogP contribution in [0.4, 0.5) is 0 Å². The minimum absolute atomic E-state index is 0.678. The van der Waals surface area contributed by atoms with Crippen LogP contribution < -0.4 is 10.6 Å². The van der Waals surface area contributed by atoms with E-state index in [0.717, 1.165) is 13.8 Å². The second-order valence-corrected chi connectivity index (χ2v) is 17.8. The van der Waals surface area contributed by atoms with E-state index >= 15 is 0 Å². The van der Waals surface area contributed by atoms with Gasteiger partial charge in [0.2, 0.25) is 11.8 Å². The summed E-state index contributed by atoms with van der Waals surface area (Å²) in [6.45, 7) is -3.36. The molecule has 6 heterocycles. The first-order valence-electron chi connectivity index (χ1n) is 22.5. The van der Waals surface area contributed by atoms with E-state index < -0.39 is 229 Å². The van der Waals surface area contributed by atoms with Gasteiger partial charge in [-0.15, -0.1) is 0 Å². The maximum absolute atomic E-state index is 12.7. The highest BCUT2D eigenvalue weighted by atomic mass is 16.8. The molecule has 6 aliphatic heterocycles. The fourth-order valence-corrected chi connectivity index (χ4v) is 8.91. The van der Waals surface area contributed by atoms with Crippen molar-refractivity contribution in [2.75, 3.05) is 39.6 Å². The highest BCUT2D eigenvalue weighted by Crippen LogP contribution is 2.37. The van der Waals surface area contributed by atoms with Crippen LogP contribution in [0, 0.1) is 0 Å². The molecule has 0 bridgehead atoms. The molecule has 0 radical (unpaired) electrons. The lowest BCUT2D eigenvalue weighted by molar-refractivity contribution is -0.404. The van der Waals surface area contributed by atoms with Crippen molar-refractivity contribution in [2.24, 2.45) is 0 Å². The molecule has 19 N–H and O–H groups in total. The van der Waals surface area contributed by atoms with E-state index in [1.165, 1.54) is 0 Å². The molecule has 0 spiro atoms. The Bertz CT molecular complexity index is 1690. The molecule has 0 aromatic carbocycles. The van der Waals surface area contributed by atoms with E-state index in [0.29, 0.717) is 0 Å². The van der Waals surface area contributed by atoms with Crippen molar-refractivity contribution in [1.29, 1.82) is 0 Å². The standard InChI is InChI=1S/C39H66N2O30/c1-9(46)40-17-23(53)30(14(5-44)63-34(17)60)68-35-18(41-10(2)47)24(54)31(15(6-45)66-35)69-39-33(71-37-27(57)19(49)11(48)7-61-37)32(70-38-29(59)26(56)21(51)13(4-43)65-38)22(52)16(67-39)8-62-36-28(58)25(55)20(50)12(3-42)64-36/h11-39,42-45,48-60H,3-8H2,1-2H3,(H,40,46)(H,41,47)/t11-,12-,13-,14-,15-,16-,17-,18-,19+,20-,21-,22-,23-,24-,25+,26+,27-,28+,29+,30-,31-,32+,33+,34?,35+,36+,37+,38-,39+/m1/s1. The van der Waals surface area contributed by atoms with Crippen molar-refractivity contribution in [3.63, 3.8) is 0 Å². The molecule has 1 unspecified atom stereocenters. The van der Waals surface area contributed by atoms with Crippen LogP contribution >= 0.6 is 0 Å². The number of rotatable bonds is 17. The molecule has 0 aromatic rings. The highest BCUT2D eigenvalue weighted by Gasteiger charge is 2.58. The lowest BCUT2D eigenvalue weighted by atomic mass is 9.93. The largest absolute Gasteiger partial charge is 0.394 e. The summed E-state index contributed by atoms with van der Waals surface area (Å²) < 4.78 is 63.7. The molecule has 0 saturated carbocycles. The van der Waals surface area contributed by atoms with Crippen LogP contribution in [-0.4, -0.2) is 316 Å². The maximum atomic E-state index is 12.7. The fourth-order valence-electron chi connectivity index (χ4n) is 8.91. The van der Waals surface area contributed by atoms with Crippen molar-refractivity contribution in [1.82, 2.24) is 10.6 Å². The number of carbonyl (C=O) groups excluding carboxylic acids is 2. The quantitative estimate of drug-likeness (QED) is 0.0643. The van der Waals surface area contributed by atoms with Gasteiger partial charge in [-0.25, -0.2) is 0 Å². The summed E-state index contributed by atoms with van der Waals surface area (Å²) in [5.41, 5.74) is 0. The van der Waals surface area contributed by atoms with Gasteiger partial charge in [-0.3, -0.25) is 9.59 Å². The van der Waals surface area contributed by atoms with Crippen LogP contribution in [-0.2, 0) is 61.7 Å². The highest BCUT2D eigenvalue weighted by molar-refractivity contribution is 5.73. The summed E-state index contributed by atoms with van der Waals surface area (Å²) in [7, 11) is 0. The summed E-state index contributed by atoms with van der Waals surface area (Å²) >= 11 is 0. The second kappa shape index (κ2) is 25.1. The number of hydrogen-bond acceptors (Lipinski definition) is 30. The SMILES string of the molecule is CC(=O)N[C@H]1[C@H](O[C@H]2[C@H](O)[C@@H](NC(C)=O)C(O)O[C@@H]2CO)O[C@H](CO)[C@@H](O[C@@H]2O[C@H](CO[C@H]3O[C@H](CO)[C@@H](O)[C@H](O)[C@@H]3O)[C@@H](O)[C@H](O[C@H]3O[C@H](CO)[C@@H](O)[C@H](O)[C@@H]3O)[C@@H]2O[C@@H]2OC[C@@H](O)[C@H](O)[C@H]2O)[C@@H]1O. The van der Waals surface area contributed by atoms with Gasteiger partial charge in [0.05, 0.1) is 39.6 Å². The van der Waals surface area contributed by atoms with Crippen LogP contribution in [0.15, 0.2) is 0 Å². The maximum Gasteiger partial charge on any atom is 0.217 e. The molecule has 2 amide bonds. The third-order valence-corrected chi connectivity index (χ3v) is 12.8. The summed E-state index contributed by atoms with van der Waals surface area (Å²) in [6.07, 6.45) is -51.8. The van der Waals surface area contributed by atoms with E-state index in [2.05, 4.69) is 10.6 Å². The molecule has 29 atom stereocenters. The minimum atomic E-state index is -2.20. The van der Waals surface area contributed by atoms with Crippen LogP contribution in [0.3, 0.4) is 0 Å². The average Bonchev–Trinajstić information content (AvgIpc) is 3.33. The van der Waals surface area contributed by atoms with Gasteiger partial charge >= 0.3 is 0 Å². The fraction of sp³-hybridized carbons (Fsp3) is 0.949. The van der Waals surface area contributed by atoms with Crippen molar-refractivity contribution < 1.29 is 149 Å². The van der Waals surface area contributed by atoms with E-state index in [1.54, 1.807) is 0 Å². The first-order valence-corrected chi connectivity index (χ1v) is 22.5. The number of aliphatic hydroxyl groups is 17. The number of nitrogens with one attached hydrogen (secondary N) is 2. The number of amides is 2. The lowest BCUT2D eigenvalue weighted by Crippen LogP contribution is -2.71. The minimum Gasteiger partial charge on any atom is -0.394 e. The number of carbonyl (C=O) groups is 2. The van der Waals surface area contributed by atoms with E-state index in [1.807, 2.05) is 0 Å². The van der Waals surface area contributed by atoms with Crippen LogP contribution in [0.1, 0.15) is 13.8 Å². The normalized spacial score (nSPS) is 49.8. The molecule has 412 valence electrons. The zero-order chi connectivity index (χ0) is 52.3. The van der Waals surface area contributed by atoms with Gasteiger partial charge in [0.25, 0.3) is 0 Å². The molecular formula is C39H66N2O30. The Hall–Kier alpha value is -2.18. The third-order valence-electron chi connectivity index (χ3n) is 12.8. The van der Waals surface area contributed by atoms with Gasteiger partial charge in [0.1, 0.15) is 140 Å². The predicted octanol–water partition coefficient (Wildman–Crippen LogP) is -13.2. The van der Waals surface area contributed by atoms with Gasteiger partial charge in [0, 0.05) is 13.8 Å². The first-order chi connectivity index (χ1) is 33.6. The average molecular weight is 1040 g/mol. The van der Waals surface area contributed by atoms with E-state index in [9.17, 15) is 96.4 Å². The Morgan fingerprint density at radius 2 is 0.859 bits per heavy atom. The summed E-state index contributed by atoms with van der Waals surface area (Å²) in [6, 6.07) is -3.33. The van der Waals surface area contributed by atoms with Crippen molar-refractivity contribution in [3.8, 4) is 0 Å². The molecular weight excluding hydrogens is 976 g/mol. The second-order valence-electron chi connectivity index (χ2n) is 17.8. The number of ether oxygens (including phenoxy) is 11. The molecule has 6 saturated heterocycles. The third kappa shape index (κ3) is 12.7. The molecule has 6 rings (SSSR count). The van der Waals surface area contributed by atoms with Crippen LogP contribution in [0.5, 0.6) is 0 Å². The van der Waals surface area contributed by atoms with Crippen LogP contribution in [0.25, 0.3) is 0 Å². The Morgan fingerprint density at radius 1 is 0.423 bits per heavy atom. The molecule has 0 aliphatic carbocycles. The van der Waals surface area contributed by atoms with Gasteiger partial charge < -0.3 is 150 Å². The molecule has 32 nitrogen and oxygen atoms in total. The zero-order valence-corrected chi connectivity index (χ0v) is 37.9. The zero-order valence-electron chi connectivity index (χ0n) is 37.9. The lowest BCUT2D eigenvalue weighted by Gasteiger charge is -2.51. The Labute approximate surface area is 402 Å². The Morgan fingerprint density at radius 3 is 1.42 bits per heavy atom. The summed E-state index contributed by atoms with van der Waals surface area (Å²) in [5.74, 6) is -1.57. The summed E-state index contributed by atoms with van der Waals surface area (Å²) in [5, 5.41) is 186. The van der Waals surface area contributed by atoms with Crippen molar-refractivity contribution >= 4 is 11.8 Å². The van der Waals surface area contributed by atoms with Gasteiger partial charge in [-0.1, -0.05) is 0 Å². The molecule has 6 aliphatic rings. The summed E-state index contributed by atoms with van der Waals surface area (Å²) in [4.78, 5) is 24.6. The van der Waals surface area contributed by atoms with E-state index in [-0.39, 0.29) is 0 Å². The van der Waals surface area contributed by atoms with Crippen LogP contribution in [0.2, 0.25) is 0 Å². The topological polar surface area (TPSA) is 504 Å². The monoisotopic (exact) mass is 1040 g/mol.